The van der Waals surface area contributed by atoms with Crippen LogP contribution in [0.1, 0.15) is 16.7 Å². The first-order valence-corrected chi connectivity index (χ1v) is 9.09. The molecule has 0 aliphatic heterocycles. The van der Waals surface area contributed by atoms with Crippen molar-refractivity contribution in [1.82, 2.24) is 0 Å². The molecule has 4 aromatic rings. The molecule has 0 aromatic heterocycles. The third-order valence-electron chi connectivity index (χ3n) is 4.54. The molecule has 2 nitrogen and oxygen atoms in total. The molecule has 0 unspecified atom stereocenters. The van der Waals surface area contributed by atoms with Gasteiger partial charge in [0.15, 0.2) is 0 Å². The lowest BCUT2D eigenvalue weighted by Crippen LogP contribution is -1.99. The summed E-state index contributed by atoms with van der Waals surface area (Å²) < 4.78 is 6.17. The van der Waals surface area contributed by atoms with Gasteiger partial charge in [-0.25, -0.2) is 0 Å². The topological polar surface area (TPSA) is 21.6 Å². The van der Waals surface area contributed by atoms with E-state index >= 15 is 0 Å². The molecular weight excluding hydrogens is 330 g/mol. The van der Waals surface area contributed by atoms with Crippen molar-refractivity contribution in [3.63, 3.8) is 0 Å². The molecule has 0 heterocycles. The molecule has 0 N–H and O–H groups in total. The molecule has 0 radical (unpaired) electrons. The minimum absolute atomic E-state index is 0.533. The lowest BCUT2D eigenvalue weighted by molar-refractivity contribution is 0.306. The van der Waals surface area contributed by atoms with Gasteiger partial charge >= 0.3 is 0 Å². The van der Waals surface area contributed by atoms with Crippen LogP contribution in [-0.4, -0.2) is 6.21 Å². The minimum Gasteiger partial charge on any atom is -0.488 e. The minimum atomic E-state index is 0.533. The van der Waals surface area contributed by atoms with Crippen molar-refractivity contribution in [2.45, 2.75) is 13.5 Å². The van der Waals surface area contributed by atoms with Crippen LogP contribution in [0.3, 0.4) is 0 Å². The first kappa shape index (κ1) is 17.0. The van der Waals surface area contributed by atoms with Crippen LogP contribution in [0, 0.1) is 6.92 Å². The van der Waals surface area contributed by atoms with Crippen molar-refractivity contribution in [3.05, 3.63) is 108 Å². The second-order valence-corrected chi connectivity index (χ2v) is 6.57. The Hall–Kier alpha value is -3.39. The molecule has 132 valence electrons. The molecular formula is C25H21NO. The van der Waals surface area contributed by atoms with Crippen LogP contribution in [0.5, 0.6) is 5.75 Å². The molecule has 27 heavy (non-hydrogen) atoms. The predicted molar refractivity (Wildman–Crippen MR) is 113 cm³/mol. The zero-order chi connectivity index (χ0) is 18.5. The van der Waals surface area contributed by atoms with E-state index in [2.05, 4.69) is 54.4 Å². The molecule has 0 atom stereocenters. The van der Waals surface area contributed by atoms with Crippen LogP contribution < -0.4 is 4.74 Å². The summed E-state index contributed by atoms with van der Waals surface area (Å²) in [5.41, 5.74) is 4.33. The number of hydrogen-bond donors (Lipinski definition) is 0. The lowest BCUT2D eigenvalue weighted by atomic mass is 10.0. The highest BCUT2D eigenvalue weighted by Gasteiger charge is 2.07. The molecule has 4 aromatic carbocycles. The Morgan fingerprint density at radius 3 is 2.33 bits per heavy atom. The van der Waals surface area contributed by atoms with E-state index in [-0.39, 0.29) is 0 Å². The SMILES string of the molecule is Cc1ccc(COc2ccc3ccccc3c2C=Nc2ccccc2)cc1. The number of aliphatic imine (C=N–C) groups is 1. The number of para-hydroxylation sites is 1. The molecule has 4 rings (SSSR count). The monoisotopic (exact) mass is 351 g/mol. The largest absolute Gasteiger partial charge is 0.488 e. The Bertz CT molecular complexity index is 1070. The Kier molecular flexibility index (Phi) is 4.97. The zero-order valence-corrected chi connectivity index (χ0v) is 15.3. The summed E-state index contributed by atoms with van der Waals surface area (Å²) in [4.78, 5) is 4.65. The number of hydrogen-bond acceptors (Lipinski definition) is 2. The third-order valence-corrected chi connectivity index (χ3v) is 4.54. The van der Waals surface area contributed by atoms with Gasteiger partial charge in [-0.1, -0.05) is 78.4 Å². The lowest BCUT2D eigenvalue weighted by Gasteiger charge is -2.12. The number of aryl methyl sites for hydroxylation is 1. The van der Waals surface area contributed by atoms with E-state index < -0.39 is 0 Å². The van der Waals surface area contributed by atoms with Gasteiger partial charge in [-0.05, 0) is 41.5 Å². The second-order valence-electron chi connectivity index (χ2n) is 6.57. The quantitative estimate of drug-likeness (QED) is 0.377. The van der Waals surface area contributed by atoms with Gasteiger partial charge in [0.1, 0.15) is 12.4 Å². The van der Waals surface area contributed by atoms with Crippen LogP contribution in [0.2, 0.25) is 0 Å². The van der Waals surface area contributed by atoms with Crippen LogP contribution in [-0.2, 0) is 6.61 Å². The summed E-state index contributed by atoms with van der Waals surface area (Å²) in [5.74, 6) is 0.842. The van der Waals surface area contributed by atoms with Crippen LogP contribution in [0.25, 0.3) is 10.8 Å². The van der Waals surface area contributed by atoms with E-state index in [0.717, 1.165) is 28.0 Å². The number of nitrogens with zero attached hydrogens (tertiary/aromatic N) is 1. The molecule has 0 fully saturated rings. The van der Waals surface area contributed by atoms with Crippen molar-refractivity contribution in [2.75, 3.05) is 0 Å². The number of ether oxygens (including phenoxy) is 1. The fourth-order valence-corrected chi connectivity index (χ4v) is 3.03. The predicted octanol–water partition coefficient (Wildman–Crippen LogP) is 6.48. The van der Waals surface area contributed by atoms with E-state index in [0.29, 0.717) is 6.61 Å². The maximum atomic E-state index is 6.17. The Morgan fingerprint density at radius 2 is 1.52 bits per heavy atom. The van der Waals surface area contributed by atoms with E-state index in [1.165, 1.54) is 10.9 Å². The highest BCUT2D eigenvalue weighted by molar-refractivity contribution is 6.03. The first-order chi connectivity index (χ1) is 13.3. The highest BCUT2D eigenvalue weighted by Crippen LogP contribution is 2.28. The van der Waals surface area contributed by atoms with Crippen molar-refractivity contribution in [3.8, 4) is 5.75 Å². The molecule has 0 saturated heterocycles. The van der Waals surface area contributed by atoms with Gasteiger partial charge in [0.25, 0.3) is 0 Å². The van der Waals surface area contributed by atoms with Gasteiger partial charge in [0, 0.05) is 11.8 Å². The summed E-state index contributed by atoms with van der Waals surface area (Å²) in [7, 11) is 0. The van der Waals surface area contributed by atoms with E-state index in [4.69, 9.17) is 4.74 Å². The van der Waals surface area contributed by atoms with Crippen LogP contribution in [0.4, 0.5) is 5.69 Å². The van der Waals surface area contributed by atoms with Crippen molar-refractivity contribution < 1.29 is 4.74 Å². The normalized spacial score (nSPS) is 11.1. The standard InChI is InChI=1S/C25H21NO/c1-19-11-13-20(14-12-19)18-27-25-16-15-21-7-5-6-10-23(21)24(25)17-26-22-8-3-2-4-9-22/h2-17H,18H2,1H3. The van der Waals surface area contributed by atoms with Gasteiger partial charge in [0.05, 0.1) is 5.69 Å². The first-order valence-electron chi connectivity index (χ1n) is 9.09. The van der Waals surface area contributed by atoms with E-state index in [1.807, 2.05) is 54.7 Å². The van der Waals surface area contributed by atoms with Gasteiger partial charge in [-0.15, -0.1) is 0 Å². The average molecular weight is 351 g/mol. The smallest absolute Gasteiger partial charge is 0.129 e. The number of benzene rings is 4. The molecule has 0 saturated carbocycles. The molecule has 0 aliphatic rings. The summed E-state index contributed by atoms with van der Waals surface area (Å²) in [6.45, 7) is 2.62. The summed E-state index contributed by atoms with van der Waals surface area (Å²) in [6.07, 6.45) is 1.90. The number of fused-ring (bicyclic) bond motifs is 1. The molecule has 2 heteroatoms. The van der Waals surface area contributed by atoms with Crippen LogP contribution in [0.15, 0.2) is 96.0 Å². The van der Waals surface area contributed by atoms with Gasteiger partial charge in [-0.2, -0.15) is 0 Å². The molecule has 0 aliphatic carbocycles. The average Bonchev–Trinajstić information content (AvgIpc) is 2.73. The number of rotatable bonds is 5. The van der Waals surface area contributed by atoms with E-state index in [1.54, 1.807) is 0 Å². The summed E-state index contributed by atoms with van der Waals surface area (Å²) in [6, 6.07) is 30.8. The zero-order valence-electron chi connectivity index (χ0n) is 15.3. The van der Waals surface area contributed by atoms with Crippen molar-refractivity contribution in [2.24, 2.45) is 4.99 Å². The Morgan fingerprint density at radius 1 is 0.778 bits per heavy atom. The summed E-state index contributed by atoms with van der Waals surface area (Å²) >= 11 is 0. The maximum Gasteiger partial charge on any atom is 0.129 e. The fraction of sp³-hybridized carbons (Fsp3) is 0.0800. The molecule has 0 amide bonds. The van der Waals surface area contributed by atoms with Crippen molar-refractivity contribution >= 4 is 22.7 Å². The van der Waals surface area contributed by atoms with Gasteiger partial charge < -0.3 is 4.74 Å². The maximum absolute atomic E-state index is 6.17. The van der Waals surface area contributed by atoms with Gasteiger partial charge in [-0.3, -0.25) is 4.99 Å². The second kappa shape index (κ2) is 7.88. The van der Waals surface area contributed by atoms with E-state index in [9.17, 15) is 0 Å². The van der Waals surface area contributed by atoms with Gasteiger partial charge in [0.2, 0.25) is 0 Å². The molecule has 0 bridgehead atoms. The Balaban J connectivity index is 1.68. The van der Waals surface area contributed by atoms with Crippen LogP contribution >= 0.6 is 0 Å². The third kappa shape index (κ3) is 4.06. The Labute approximate surface area is 159 Å². The fourth-order valence-electron chi connectivity index (χ4n) is 3.03. The summed E-state index contributed by atoms with van der Waals surface area (Å²) in [5, 5.41) is 2.31. The highest BCUT2D eigenvalue weighted by atomic mass is 16.5. The molecule has 0 spiro atoms. The van der Waals surface area contributed by atoms with Crippen molar-refractivity contribution in [1.29, 1.82) is 0 Å².